The molecule has 0 aromatic carbocycles. The molecule has 0 aromatic rings. The standard InChI is InChI=1S/C50H96O6/c1-44(2)36-30-24-18-14-10-7-8-12-16-20-27-33-39-48(51)54-42-47(43-55-49(52)40-34-28-23-22-26-32-38-46(5)6)56-50(53)41-35-29-21-17-13-9-11-15-19-25-31-37-45(3)4/h44-47H,7-43H2,1-6H3/t47-/m0/s1. The van der Waals surface area contributed by atoms with E-state index in [4.69, 9.17) is 14.2 Å². The van der Waals surface area contributed by atoms with Gasteiger partial charge in [0.1, 0.15) is 13.2 Å². The van der Waals surface area contributed by atoms with Gasteiger partial charge >= 0.3 is 17.9 Å². The first-order valence-electron chi connectivity index (χ1n) is 24.6. The molecule has 0 saturated carbocycles. The van der Waals surface area contributed by atoms with Crippen LogP contribution in [0.4, 0.5) is 0 Å². The highest BCUT2D eigenvalue weighted by Crippen LogP contribution is 2.17. The van der Waals surface area contributed by atoms with Crippen LogP contribution in [0.1, 0.15) is 266 Å². The fourth-order valence-electron chi connectivity index (χ4n) is 7.41. The SMILES string of the molecule is CC(C)CCCCCCCCCCCCCCC(=O)OC[C@@H](COC(=O)CCCCCCCCC(C)C)OC(=O)CCCCCCCCCCCCCC(C)C. The fourth-order valence-corrected chi connectivity index (χ4v) is 7.41. The van der Waals surface area contributed by atoms with Crippen LogP contribution in [-0.4, -0.2) is 37.2 Å². The van der Waals surface area contributed by atoms with Gasteiger partial charge in [-0.15, -0.1) is 0 Å². The van der Waals surface area contributed by atoms with E-state index >= 15 is 0 Å². The Balaban J connectivity index is 4.30. The van der Waals surface area contributed by atoms with Crippen molar-refractivity contribution >= 4 is 17.9 Å². The van der Waals surface area contributed by atoms with Gasteiger partial charge in [0.25, 0.3) is 0 Å². The third kappa shape index (κ3) is 43.5. The number of unbranched alkanes of at least 4 members (excludes halogenated alkanes) is 26. The summed E-state index contributed by atoms with van der Waals surface area (Å²) in [5.41, 5.74) is 0. The first-order valence-corrected chi connectivity index (χ1v) is 24.6. The van der Waals surface area contributed by atoms with Crippen LogP contribution in [0.2, 0.25) is 0 Å². The first-order chi connectivity index (χ1) is 27.1. The van der Waals surface area contributed by atoms with Gasteiger partial charge in [0.05, 0.1) is 0 Å². The highest BCUT2D eigenvalue weighted by Gasteiger charge is 2.19. The molecule has 0 rings (SSSR count). The fraction of sp³-hybridized carbons (Fsp3) is 0.940. The smallest absolute Gasteiger partial charge is 0.306 e. The molecular weight excluding hydrogens is 697 g/mol. The van der Waals surface area contributed by atoms with E-state index in [1.807, 2.05) is 0 Å². The Morgan fingerprint density at radius 2 is 0.518 bits per heavy atom. The van der Waals surface area contributed by atoms with Gasteiger partial charge in [-0.25, -0.2) is 0 Å². The van der Waals surface area contributed by atoms with Gasteiger partial charge in [0.15, 0.2) is 6.10 Å². The number of ether oxygens (including phenoxy) is 3. The van der Waals surface area contributed by atoms with Crippen LogP contribution >= 0.6 is 0 Å². The van der Waals surface area contributed by atoms with E-state index < -0.39 is 6.10 Å². The third-order valence-electron chi connectivity index (χ3n) is 11.1. The van der Waals surface area contributed by atoms with Crippen molar-refractivity contribution in [1.29, 1.82) is 0 Å². The van der Waals surface area contributed by atoms with Crippen molar-refractivity contribution in [3.05, 3.63) is 0 Å². The predicted octanol–water partition coefficient (Wildman–Crippen LogP) is 15.6. The first kappa shape index (κ1) is 54.4. The Labute approximate surface area is 348 Å². The lowest BCUT2D eigenvalue weighted by atomic mass is 10.0. The molecular formula is C50H96O6. The van der Waals surface area contributed by atoms with Crippen molar-refractivity contribution in [1.82, 2.24) is 0 Å². The Bertz CT molecular complexity index is 868. The predicted molar refractivity (Wildman–Crippen MR) is 238 cm³/mol. The molecule has 6 nitrogen and oxygen atoms in total. The van der Waals surface area contributed by atoms with E-state index in [0.29, 0.717) is 19.3 Å². The van der Waals surface area contributed by atoms with Crippen LogP contribution in [0.15, 0.2) is 0 Å². The van der Waals surface area contributed by atoms with Crippen molar-refractivity contribution < 1.29 is 28.6 Å². The van der Waals surface area contributed by atoms with Crippen molar-refractivity contribution in [3.63, 3.8) is 0 Å². The number of carbonyl (C=O) groups excluding carboxylic acids is 3. The van der Waals surface area contributed by atoms with Gasteiger partial charge in [-0.3, -0.25) is 14.4 Å². The van der Waals surface area contributed by atoms with Gasteiger partial charge in [0, 0.05) is 19.3 Å². The summed E-state index contributed by atoms with van der Waals surface area (Å²) in [6.45, 7) is 13.6. The van der Waals surface area contributed by atoms with Crippen molar-refractivity contribution in [2.75, 3.05) is 13.2 Å². The van der Waals surface area contributed by atoms with Crippen LogP contribution in [0.25, 0.3) is 0 Å². The number of esters is 3. The number of hydrogen-bond acceptors (Lipinski definition) is 6. The summed E-state index contributed by atoms with van der Waals surface area (Å²) in [4.78, 5) is 37.8. The second kappa shape index (κ2) is 41.6. The minimum absolute atomic E-state index is 0.0658. The van der Waals surface area contributed by atoms with Gasteiger partial charge in [0.2, 0.25) is 0 Å². The van der Waals surface area contributed by atoms with Crippen LogP contribution in [0, 0.1) is 17.8 Å². The van der Waals surface area contributed by atoms with Crippen molar-refractivity contribution in [2.45, 2.75) is 272 Å². The molecule has 0 unspecified atom stereocenters. The summed E-state index contributed by atoms with van der Waals surface area (Å²) >= 11 is 0. The van der Waals surface area contributed by atoms with Crippen molar-refractivity contribution in [3.8, 4) is 0 Å². The van der Waals surface area contributed by atoms with Gasteiger partial charge in [-0.05, 0) is 37.0 Å². The zero-order valence-corrected chi connectivity index (χ0v) is 38.4. The lowest BCUT2D eigenvalue weighted by Gasteiger charge is -2.18. The molecule has 0 aromatic heterocycles. The van der Waals surface area contributed by atoms with Gasteiger partial charge in [-0.1, -0.05) is 228 Å². The van der Waals surface area contributed by atoms with E-state index in [1.54, 1.807) is 0 Å². The molecule has 56 heavy (non-hydrogen) atoms. The molecule has 1 atom stereocenters. The number of hydrogen-bond donors (Lipinski definition) is 0. The van der Waals surface area contributed by atoms with E-state index in [1.165, 1.54) is 148 Å². The molecule has 0 aliphatic heterocycles. The molecule has 0 bridgehead atoms. The summed E-state index contributed by atoms with van der Waals surface area (Å²) < 4.78 is 16.8. The molecule has 0 aliphatic rings. The lowest BCUT2D eigenvalue weighted by Crippen LogP contribution is -2.30. The van der Waals surface area contributed by atoms with Crippen LogP contribution in [0.3, 0.4) is 0 Å². The van der Waals surface area contributed by atoms with E-state index in [2.05, 4.69) is 41.5 Å². The average Bonchev–Trinajstić information content (AvgIpc) is 3.15. The maximum atomic E-state index is 12.7. The largest absolute Gasteiger partial charge is 0.462 e. The number of rotatable bonds is 43. The monoisotopic (exact) mass is 793 g/mol. The third-order valence-corrected chi connectivity index (χ3v) is 11.1. The normalized spacial score (nSPS) is 12.2. The Kier molecular flexibility index (Phi) is 40.4. The summed E-state index contributed by atoms with van der Waals surface area (Å²) in [6, 6.07) is 0. The zero-order chi connectivity index (χ0) is 41.3. The molecule has 332 valence electrons. The maximum absolute atomic E-state index is 12.7. The van der Waals surface area contributed by atoms with Crippen LogP contribution in [0.5, 0.6) is 0 Å². The summed E-state index contributed by atoms with van der Waals surface area (Å²) in [5, 5.41) is 0. The average molecular weight is 793 g/mol. The second-order valence-electron chi connectivity index (χ2n) is 18.5. The lowest BCUT2D eigenvalue weighted by molar-refractivity contribution is -0.167. The molecule has 6 heteroatoms. The topological polar surface area (TPSA) is 78.9 Å². The molecule has 0 N–H and O–H groups in total. The summed E-state index contributed by atoms with van der Waals surface area (Å²) in [6.07, 6.45) is 39.6. The van der Waals surface area contributed by atoms with Crippen LogP contribution < -0.4 is 0 Å². The molecule has 0 radical (unpaired) electrons. The Morgan fingerprint density at radius 3 is 0.768 bits per heavy atom. The minimum Gasteiger partial charge on any atom is -0.462 e. The zero-order valence-electron chi connectivity index (χ0n) is 38.4. The summed E-state index contributed by atoms with van der Waals surface area (Å²) in [5.74, 6) is 1.56. The van der Waals surface area contributed by atoms with E-state index in [9.17, 15) is 14.4 Å². The van der Waals surface area contributed by atoms with E-state index in [-0.39, 0.29) is 31.1 Å². The molecule has 0 fully saturated rings. The highest BCUT2D eigenvalue weighted by atomic mass is 16.6. The summed E-state index contributed by atoms with van der Waals surface area (Å²) in [7, 11) is 0. The second-order valence-corrected chi connectivity index (χ2v) is 18.5. The van der Waals surface area contributed by atoms with Crippen molar-refractivity contribution in [2.24, 2.45) is 17.8 Å². The molecule has 0 heterocycles. The molecule has 0 aliphatic carbocycles. The van der Waals surface area contributed by atoms with Gasteiger partial charge < -0.3 is 14.2 Å². The van der Waals surface area contributed by atoms with E-state index in [0.717, 1.165) is 75.5 Å². The molecule has 0 saturated heterocycles. The molecule has 0 amide bonds. The molecule has 0 spiro atoms. The van der Waals surface area contributed by atoms with Crippen LogP contribution in [-0.2, 0) is 28.6 Å². The Hall–Kier alpha value is -1.59. The number of carbonyl (C=O) groups is 3. The highest BCUT2D eigenvalue weighted by molar-refractivity contribution is 5.71. The van der Waals surface area contributed by atoms with Gasteiger partial charge in [-0.2, -0.15) is 0 Å². The Morgan fingerprint density at radius 1 is 0.304 bits per heavy atom. The minimum atomic E-state index is -0.762. The maximum Gasteiger partial charge on any atom is 0.306 e. The quantitative estimate of drug-likeness (QED) is 0.0348.